The standard InChI is InChI=1S/C24H32N4O11S3/c1-15(29)26-17-5-7-21(38-3)23(11-17)41(34,35)25-9-10-28(19-13-40(32,33)14-20(19)31)42(36,37)24-12-18(27-16(2)30)6-8-22(24)39-4/h5-8,11-12,19-20,25,31H,9-10,13-14H2,1-4H3,(H,26,29)(H,27,30)/t19-,20-/m1/s1. The number of hydrogen-bond acceptors (Lipinski definition) is 11. The molecule has 3 rings (SSSR count). The van der Waals surface area contributed by atoms with Crippen LogP contribution in [0.5, 0.6) is 11.5 Å². The van der Waals surface area contributed by atoms with Crippen molar-refractivity contribution >= 4 is 53.1 Å². The molecule has 2 amide bonds. The van der Waals surface area contributed by atoms with Crippen LogP contribution in [-0.4, -0.2) is 97.4 Å². The Labute approximate surface area is 244 Å². The first-order valence-corrected chi connectivity index (χ1v) is 17.1. The zero-order valence-electron chi connectivity index (χ0n) is 23.1. The summed E-state index contributed by atoms with van der Waals surface area (Å²) in [6, 6.07) is 6.26. The maximum Gasteiger partial charge on any atom is 0.247 e. The maximum atomic E-state index is 14.0. The molecule has 42 heavy (non-hydrogen) atoms. The van der Waals surface area contributed by atoms with Crippen LogP contribution in [0.3, 0.4) is 0 Å². The first-order valence-electron chi connectivity index (χ1n) is 12.3. The summed E-state index contributed by atoms with van der Waals surface area (Å²) in [5, 5.41) is 15.5. The molecule has 4 N–H and O–H groups in total. The van der Waals surface area contributed by atoms with E-state index >= 15 is 0 Å². The van der Waals surface area contributed by atoms with E-state index in [1.807, 2.05) is 0 Å². The minimum absolute atomic E-state index is 0.0575. The van der Waals surface area contributed by atoms with Crippen molar-refractivity contribution in [3.05, 3.63) is 36.4 Å². The molecule has 232 valence electrons. The second-order valence-corrected chi connectivity index (χ2v) is 15.1. The molecular weight excluding hydrogens is 616 g/mol. The third kappa shape index (κ3) is 7.75. The molecule has 0 aliphatic carbocycles. The number of carbonyl (C=O) groups is 2. The Balaban J connectivity index is 2.00. The lowest BCUT2D eigenvalue weighted by Crippen LogP contribution is -2.49. The monoisotopic (exact) mass is 648 g/mol. The van der Waals surface area contributed by atoms with Crippen molar-refractivity contribution in [1.29, 1.82) is 0 Å². The number of ether oxygens (including phenoxy) is 2. The lowest BCUT2D eigenvalue weighted by Gasteiger charge is -2.30. The Hall–Kier alpha value is -3.29. The van der Waals surface area contributed by atoms with Crippen LogP contribution >= 0.6 is 0 Å². The third-order valence-corrected chi connectivity index (χ3v) is 11.3. The van der Waals surface area contributed by atoms with E-state index in [0.29, 0.717) is 4.31 Å². The van der Waals surface area contributed by atoms with Crippen molar-refractivity contribution in [2.75, 3.05) is 49.4 Å². The van der Waals surface area contributed by atoms with E-state index in [0.717, 1.165) is 12.1 Å². The van der Waals surface area contributed by atoms with E-state index in [1.165, 1.54) is 52.3 Å². The number of amides is 2. The molecular formula is C24H32N4O11S3. The fourth-order valence-electron chi connectivity index (χ4n) is 4.37. The molecule has 1 aliphatic rings. The number of anilines is 2. The number of sulfone groups is 1. The molecule has 15 nitrogen and oxygen atoms in total. The second kappa shape index (κ2) is 12.9. The topological polar surface area (TPSA) is 215 Å². The van der Waals surface area contributed by atoms with Gasteiger partial charge >= 0.3 is 0 Å². The van der Waals surface area contributed by atoms with Crippen molar-refractivity contribution < 1.29 is 49.4 Å². The highest BCUT2D eigenvalue weighted by Crippen LogP contribution is 2.33. The molecule has 2 aromatic rings. The van der Waals surface area contributed by atoms with Crippen LogP contribution in [0.1, 0.15) is 13.8 Å². The van der Waals surface area contributed by atoms with Gasteiger partial charge in [0.1, 0.15) is 21.3 Å². The van der Waals surface area contributed by atoms with Crippen molar-refractivity contribution in [3.63, 3.8) is 0 Å². The van der Waals surface area contributed by atoms with E-state index < -0.39 is 83.3 Å². The van der Waals surface area contributed by atoms with Crippen LogP contribution in [0.15, 0.2) is 46.2 Å². The van der Waals surface area contributed by atoms with Crippen LogP contribution in [0.2, 0.25) is 0 Å². The van der Waals surface area contributed by atoms with Crippen LogP contribution < -0.4 is 24.8 Å². The van der Waals surface area contributed by atoms with Crippen LogP contribution in [0, 0.1) is 0 Å². The molecule has 2 aromatic carbocycles. The van der Waals surface area contributed by atoms with Gasteiger partial charge in [-0.15, -0.1) is 0 Å². The number of hydrogen-bond donors (Lipinski definition) is 4. The van der Waals surface area contributed by atoms with Gasteiger partial charge in [0.15, 0.2) is 9.84 Å². The lowest BCUT2D eigenvalue weighted by atomic mass is 10.2. The summed E-state index contributed by atoms with van der Waals surface area (Å²) in [7, 11) is -10.4. The van der Waals surface area contributed by atoms with Crippen LogP contribution in [-0.2, 0) is 39.5 Å². The summed E-state index contributed by atoms with van der Waals surface area (Å²) in [6.45, 7) is 1.31. The van der Waals surface area contributed by atoms with Gasteiger partial charge < -0.3 is 25.2 Å². The third-order valence-electron chi connectivity index (χ3n) is 6.13. The van der Waals surface area contributed by atoms with Gasteiger partial charge in [0.2, 0.25) is 31.9 Å². The number of nitrogens with one attached hydrogen (secondary N) is 3. The van der Waals surface area contributed by atoms with Gasteiger partial charge in [0, 0.05) is 38.3 Å². The van der Waals surface area contributed by atoms with E-state index in [2.05, 4.69) is 15.4 Å². The number of methoxy groups -OCH3 is 2. The molecule has 1 aliphatic heterocycles. The average molecular weight is 649 g/mol. The van der Waals surface area contributed by atoms with Gasteiger partial charge in [-0.3, -0.25) is 9.59 Å². The lowest BCUT2D eigenvalue weighted by molar-refractivity contribution is -0.115. The van der Waals surface area contributed by atoms with Crippen molar-refractivity contribution in [3.8, 4) is 11.5 Å². The minimum atomic E-state index is -4.66. The fraction of sp³-hybridized carbons (Fsp3) is 0.417. The van der Waals surface area contributed by atoms with E-state index in [4.69, 9.17) is 9.47 Å². The Bertz CT molecular complexity index is 1680. The van der Waals surface area contributed by atoms with Crippen molar-refractivity contribution in [1.82, 2.24) is 9.03 Å². The fourth-order valence-corrected chi connectivity index (χ4v) is 9.32. The zero-order chi connectivity index (χ0) is 31.5. The number of nitrogens with zero attached hydrogens (tertiary/aromatic N) is 1. The SMILES string of the molecule is COc1ccc(NC(C)=O)cc1S(=O)(=O)NCCN([C@@H]1CS(=O)(=O)C[C@H]1O)S(=O)(=O)c1cc(NC(C)=O)ccc1OC. The normalized spacial score (nSPS) is 18.4. The van der Waals surface area contributed by atoms with Gasteiger partial charge in [-0.25, -0.2) is 30.0 Å². The van der Waals surface area contributed by atoms with Gasteiger partial charge in [0.25, 0.3) is 0 Å². The largest absolute Gasteiger partial charge is 0.495 e. The molecule has 2 atom stereocenters. The number of rotatable bonds is 12. The number of aliphatic hydroxyl groups is 1. The average Bonchev–Trinajstić information content (AvgIpc) is 3.16. The Morgan fingerprint density at radius 3 is 1.86 bits per heavy atom. The molecule has 0 radical (unpaired) electrons. The van der Waals surface area contributed by atoms with Gasteiger partial charge in [-0.05, 0) is 36.4 Å². The molecule has 0 spiro atoms. The van der Waals surface area contributed by atoms with E-state index in [9.17, 15) is 39.9 Å². The number of benzene rings is 2. The highest BCUT2D eigenvalue weighted by Gasteiger charge is 2.45. The highest BCUT2D eigenvalue weighted by atomic mass is 32.2. The summed E-state index contributed by atoms with van der Waals surface area (Å²) < 4.78 is 92.2. The molecule has 0 saturated carbocycles. The zero-order valence-corrected chi connectivity index (χ0v) is 25.6. The smallest absolute Gasteiger partial charge is 0.247 e. The Kier molecular flexibility index (Phi) is 10.2. The maximum absolute atomic E-state index is 14.0. The van der Waals surface area contributed by atoms with Crippen molar-refractivity contribution in [2.24, 2.45) is 0 Å². The first kappa shape index (κ1) is 33.2. The first-order chi connectivity index (χ1) is 19.5. The number of carbonyl (C=O) groups excluding carboxylic acids is 2. The Morgan fingerprint density at radius 1 is 0.905 bits per heavy atom. The molecule has 0 unspecified atom stereocenters. The van der Waals surface area contributed by atoms with Gasteiger partial charge in [-0.2, -0.15) is 4.31 Å². The summed E-state index contributed by atoms with van der Waals surface area (Å²) in [5.41, 5.74) is 0.270. The molecule has 1 heterocycles. The molecule has 0 bridgehead atoms. The number of aliphatic hydroxyl groups excluding tert-OH is 1. The summed E-state index contributed by atoms with van der Waals surface area (Å²) in [5.74, 6) is -2.51. The highest BCUT2D eigenvalue weighted by molar-refractivity contribution is 7.92. The predicted molar refractivity (Wildman–Crippen MR) is 152 cm³/mol. The van der Waals surface area contributed by atoms with E-state index in [-0.39, 0.29) is 27.8 Å². The van der Waals surface area contributed by atoms with Gasteiger partial charge in [0.05, 0.1) is 37.9 Å². The molecule has 18 heteroatoms. The second-order valence-electron chi connectivity index (χ2n) is 9.32. The molecule has 1 saturated heterocycles. The minimum Gasteiger partial charge on any atom is -0.495 e. The predicted octanol–water partition coefficient (Wildman–Crippen LogP) is -0.252. The van der Waals surface area contributed by atoms with Crippen LogP contribution in [0.25, 0.3) is 0 Å². The van der Waals surface area contributed by atoms with Crippen molar-refractivity contribution in [2.45, 2.75) is 35.8 Å². The molecule has 0 aromatic heterocycles. The summed E-state index contributed by atoms with van der Waals surface area (Å²) in [4.78, 5) is 22.2. The molecule has 1 fully saturated rings. The Morgan fingerprint density at radius 2 is 1.40 bits per heavy atom. The number of sulfonamides is 2. The summed E-state index contributed by atoms with van der Waals surface area (Å²) in [6.07, 6.45) is -1.60. The summed E-state index contributed by atoms with van der Waals surface area (Å²) >= 11 is 0. The van der Waals surface area contributed by atoms with Crippen LogP contribution in [0.4, 0.5) is 11.4 Å². The van der Waals surface area contributed by atoms with E-state index in [1.54, 1.807) is 0 Å². The van der Waals surface area contributed by atoms with Gasteiger partial charge in [-0.1, -0.05) is 0 Å². The quantitative estimate of drug-likeness (QED) is 0.235.